The summed E-state index contributed by atoms with van der Waals surface area (Å²) >= 11 is 3.57. The van der Waals surface area contributed by atoms with Gasteiger partial charge in [0.2, 0.25) is 0 Å². The number of aryl methyl sites for hydroxylation is 1. The molecule has 0 heterocycles. The molecule has 0 amide bonds. The van der Waals surface area contributed by atoms with Gasteiger partial charge < -0.3 is 4.74 Å². The third-order valence-electron chi connectivity index (χ3n) is 2.75. The zero-order valence-corrected chi connectivity index (χ0v) is 11.3. The largest absolute Gasteiger partial charge is 0.382 e. The van der Waals surface area contributed by atoms with Gasteiger partial charge >= 0.3 is 0 Å². The SMILES string of the molecule is COC(C)CC(CBr)c1ccc(C)cc1. The summed E-state index contributed by atoms with van der Waals surface area (Å²) in [4.78, 5) is 0. The molecule has 0 aliphatic carbocycles. The van der Waals surface area contributed by atoms with Gasteiger partial charge in [-0.2, -0.15) is 0 Å². The van der Waals surface area contributed by atoms with Gasteiger partial charge in [0.25, 0.3) is 0 Å². The van der Waals surface area contributed by atoms with Crippen molar-refractivity contribution in [1.29, 1.82) is 0 Å². The molecule has 15 heavy (non-hydrogen) atoms. The van der Waals surface area contributed by atoms with Crippen LogP contribution in [0.3, 0.4) is 0 Å². The first-order valence-corrected chi connectivity index (χ1v) is 6.44. The molecule has 0 spiro atoms. The number of hydrogen-bond acceptors (Lipinski definition) is 1. The first-order chi connectivity index (χ1) is 7.17. The molecule has 2 atom stereocenters. The van der Waals surface area contributed by atoms with Gasteiger partial charge in [0.05, 0.1) is 6.10 Å². The van der Waals surface area contributed by atoms with E-state index in [0.717, 1.165) is 11.8 Å². The molecule has 0 N–H and O–H groups in total. The molecule has 1 nitrogen and oxygen atoms in total. The lowest BCUT2D eigenvalue weighted by atomic mass is 9.95. The quantitative estimate of drug-likeness (QED) is 0.738. The van der Waals surface area contributed by atoms with Gasteiger partial charge in [0.1, 0.15) is 0 Å². The van der Waals surface area contributed by atoms with E-state index < -0.39 is 0 Å². The van der Waals surface area contributed by atoms with Crippen LogP contribution in [0.25, 0.3) is 0 Å². The molecule has 0 bridgehead atoms. The van der Waals surface area contributed by atoms with Gasteiger partial charge in [-0.1, -0.05) is 45.8 Å². The maximum absolute atomic E-state index is 5.31. The highest BCUT2D eigenvalue weighted by molar-refractivity contribution is 9.09. The molecule has 0 radical (unpaired) electrons. The van der Waals surface area contributed by atoms with Gasteiger partial charge in [-0.05, 0) is 31.7 Å². The number of halogens is 1. The summed E-state index contributed by atoms with van der Waals surface area (Å²) in [5.74, 6) is 0.542. The second-order valence-corrected chi connectivity index (χ2v) is 4.69. The van der Waals surface area contributed by atoms with Crippen LogP contribution < -0.4 is 0 Å². The Morgan fingerprint density at radius 2 is 1.87 bits per heavy atom. The van der Waals surface area contributed by atoms with Crippen LogP contribution in [0.1, 0.15) is 30.4 Å². The van der Waals surface area contributed by atoms with Crippen molar-refractivity contribution in [3.63, 3.8) is 0 Å². The van der Waals surface area contributed by atoms with E-state index in [1.165, 1.54) is 11.1 Å². The van der Waals surface area contributed by atoms with Gasteiger partial charge in [-0.3, -0.25) is 0 Å². The molecule has 2 unspecified atom stereocenters. The van der Waals surface area contributed by atoms with Crippen LogP contribution in [0.5, 0.6) is 0 Å². The van der Waals surface area contributed by atoms with Crippen molar-refractivity contribution >= 4 is 15.9 Å². The van der Waals surface area contributed by atoms with Crippen molar-refractivity contribution in [2.45, 2.75) is 32.3 Å². The van der Waals surface area contributed by atoms with E-state index in [9.17, 15) is 0 Å². The third-order valence-corrected chi connectivity index (χ3v) is 3.54. The summed E-state index contributed by atoms with van der Waals surface area (Å²) in [6.45, 7) is 4.23. The number of alkyl halides is 1. The number of rotatable bonds is 5. The second-order valence-electron chi connectivity index (χ2n) is 4.04. The van der Waals surface area contributed by atoms with E-state index in [0.29, 0.717) is 12.0 Å². The summed E-state index contributed by atoms with van der Waals surface area (Å²) in [6.07, 6.45) is 1.37. The monoisotopic (exact) mass is 270 g/mol. The van der Waals surface area contributed by atoms with Crippen LogP contribution in [0, 0.1) is 6.92 Å². The minimum absolute atomic E-state index is 0.314. The Morgan fingerprint density at radius 3 is 2.33 bits per heavy atom. The van der Waals surface area contributed by atoms with Crippen molar-refractivity contribution < 1.29 is 4.74 Å². The first kappa shape index (κ1) is 12.7. The Morgan fingerprint density at radius 1 is 1.27 bits per heavy atom. The maximum atomic E-state index is 5.31. The van der Waals surface area contributed by atoms with Crippen molar-refractivity contribution in [3.8, 4) is 0 Å². The van der Waals surface area contributed by atoms with Crippen molar-refractivity contribution in [1.82, 2.24) is 0 Å². The summed E-state index contributed by atoms with van der Waals surface area (Å²) < 4.78 is 5.31. The molecule has 1 aromatic rings. The van der Waals surface area contributed by atoms with Crippen molar-refractivity contribution in [2.75, 3.05) is 12.4 Å². The highest BCUT2D eigenvalue weighted by Crippen LogP contribution is 2.24. The van der Waals surface area contributed by atoms with Crippen LogP contribution in [0.15, 0.2) is 24.3 Å². The summed E-state index contributed by atoms with van der Waals surface area (Å²) in [6, 6.07) is 8.76. The van der Waals surface area contributed by atoms with E-state index >= 15 is 0 Å². The zero-order chi connectivity index (χ0) is 11.3. The van der Waals surface area contributed by atoms with Gasteiger partial charge in [0.15, 0.2) is 0 Å². The Bertz CT molecular complexity index is 281. The lowest BCUT2D eigenvalue weighted by Gasteiger charge is -2.18. The smallest absolute Gasteiger partial charge is 0.0549 e. The van der Waals surface area contributed by atoms with E-state index in [4.69, 9.17) is 4.74 Å². The molecule has 0 aliphatic rings. The molecule has 1 aromatic carbocycles. The van der Waals surface area contributed by atoms with E-state index in [1.807, 2.05) is 0 Å². The zero-order valence-electron chi connectivity index (χ0n) is 9.66. The topological polar surface area (TPSA) is 9.23 Å². The third kappa shape index (κ3) is 3.96. The minimum Gasteiger partial charge on any atom is -0.382 e. The highest BCUT2D eigenvalue weighted by Gasteiger charge is 2.13. The summed E-state index contributed by atoms with van der Waals surface area (Å²) in [5.41, 5.74) is 2.70. The molecule has 0 fully saturated rings. The lowest BCUT2D eigenvalue weighted by molar-refractivity contribution is 0.106. The van der Waals surface area contributed by atoms with Crippen LogP contribution >= 0.6 is 15.9 Å². The minimum atomic E-state index is 0.314. The lowest BCUT2D eigenvalue weighted by Crippen LogP contribution is -2.12. The first-order valence-electron chi connectivity index (χ1n) is 5.32. The normalized spacial score (nSPS) is 14.9. The fourth-order valence-electron chi connectivity index (χ4n) is 1.62. The van der Waals surface area contributed by atoms with Crippen molar-refractivity contribution in [2.24, 2.45) is 0 Å². The maximum Gasteiger partial charge on any atom is 0.0549 e. The predicted molar refractivity (Wildman–Crippen MR) is 68.8 cm³/mol. The molecule has 0 aromatic heterocycles. The number of hydrogen-bond donors (Lipinski definition) is 0. The van der Waals surface area contributed by atoms with Crippen molar-refractivity contribution in [3.05, 3.63) is 35.4 Å². The van der Waals surface area contributed by atoms with Crippen LogP contribution in [0.2, 0.25) is 0 Å². The fraction of sp³-hybridized carbons (Fsp3) is 0.538. The predicted octanol–water partition coefficient (Wildman–Crippen LogP) is 3.90. The standard InChI is InChI=1S/C13H19BrO/c1-10-4-6-12(7-5-10)13(9-14)8-11(2)15-3/h4-7,11,13H,8-9H2,1-3H3. The second kappa shape index (κ2) is 6.29. The van der Waals surface area contributed by atoms with E-state index in [2.05, 4.69) is 54.0 Å². The molecule has 0 saturated heterocycles. The Labute approximate surface area is 101 Å². The summed E-state index contributed by atoms with van der Waals surface area (Å²) in [5, 5.41) is 0.990. The summed E-state index contributed by atoms with van der Waals surface area (Å²) in [7, 11) is 1.77. The molecule has 84 valence electrons. The molecule has 2 heteroatoms. The number of methoxy groups -OCH3 is 1. The molecular formula is C13H19BrO. The van der Waals surface area contributed by atoms with Gasteiger partial charge in [-0.25, -0.2) is 0 Å². The average molecular weight is 271 g/mol. The molecule has 0 aliphatic heterocycles. The average Bonchev–Trinajstić information content (AvgIpc) is 2.27. The Balaban J connectivity index is 2.69. The van der Waals surface area contributed by atoms with E-state index in [-0.39, 0.29) is 0 Å². The fourth-order valence-corrected chi connectivity index (χ4v) is 2.26. The Hall–Kier alpha value is -0.340. The van der Waals surface area contributed by atoms with Gasteiger partial charge in [-0.15, -0.1) is 0 Å². The van der Waals surface area contributed by atoms with E-state index in [1.54, 1.807) is 7.11 Å². The highest BCUT2D eigenvalue weighted by atomic mass is 79.9. The molecule has 0 saturated carbocycles. The van der Waals surface area contributed by atoms with Crippen LogP contribution in [-0.2, 0) is 4.74 Å². The number of benzene rings is 1. The Kier molecular flexibility index (Phi) is 5.34. The molecular weight excluding hydrogens is 252 g/mol. The molecule has 1 rings (SSSR count). The number of ether oxygens (including phenoxy) is 1. The van der Waals surface area contributed by atoms with Crippen LogP contribution in [-0.4, -0.2) is 18.5 Å². The van der Waals surface area contributed by atoms with Crippen LogP contribution in [0.4, 0.5) is 0 Å². The van der Waals surface area contributed by atoms with Gasteiger partial charge in [0, 0.05) is 12.4 Å².